The minimum Gasteiger partial charge on any atom is -0.335 e. The van der Waals surface area contributed by atoms with Crippen molar-refractivity contribution >= 4 is 17.5 Å². The minimum absolute atomic E-state index is 0.159. The number of hydrogen-bond acceptors (Lipinski definition) is 3. The molecule has 0 saturated carbocycles. The maximum atomic E-state index is 13.2. The van der Waals surface area contributed by atoms with Crippen LogP contribution in [-0.4, -0.2) is 58.7 Å². The van der Waals surface area contributed by atoms with Crippen LogP contribution in [-0.2, 0) is 19.0 Å². The van der Waals surface area contributed by atoms with E-state index in [1.54, 1.807) is 4.90 Å². The largest absolute Gasteiger partial charge is 0.416 e. The van der Waals surface area contributed by atoms with Crippen molar-refractivity contribution in [2.24, 2.45) is 0 Å². The number of carbonyl (C=O) groups excluding carboxylic acids is 1. The Bertz CT molecular complexity index is 917. The van der Waals surface area contributed by atoms with Gasteiger partial charge >= 0.3 is 6.18 Å². The summed E-state index contributed by atoms with van der Waals surface area (Å²) in [5, 5.41) is 4.61. The maximum absolute atomic E-state index is 13.2. The van der Waals surface area contributed by atoms with Crippen molar-refractivity contribution in [2.75, 3.05) is 33.2 Å². The van der Waals surface area contributed by atoms with Crippen LogP contribution in [0.2, 0.25) is 5.02 Å². The Labute approximate surface area is 165 Å². The van der Waals surface area contributed by atoms with E-state index in [-0.39, 0.29) is 16.6 Å². The Hall–Kier alpha value is -2.06. The molecular weight excluding hydrogens is 393 g/mol. The Balaban J connectivity index is 1.75. The van der Waals surface area contributed by atoms with E-state index in [1.807, 2.05) is 7.05 Å². The molecule has 28 heavy (non-hydrogen) atoms. The minimum atomic E-state index is -4.48. The van der Waals surface area contributed by atoms with E-state index in [0.29, 0.717) is 31.6 Å². The second-order valence-electron chi connectivity index (χ2n) is 7.30. The van der Waals surface area contributed by atoms with E-state index < -0.39 is 11.7 Å². The van der Waals surface area contributed by atoms with E-state index in [2.05, 4.69) is 10.00 Å². The Morgan fingerprint density at radius 2 is 1.86 bits per heavy atom. The van der Waals surface area contributed by atoms with Crippen LogP contribution in [0.3, 0.4) is 0 Å². The first kappa shape index (κ1) is 19.3. The highest BCUT2D eigenvalue weighted by molar-refractivity contribution is 6.32. The van der Waals surface area contributed by atoms with Crippen molar-refractivity contribution in [2.45, 2.75) is 25.4 Å². The third-order valence-electron chi connectivity index (χ3n) is 5.42. The van der Waals surface area contributed by atoms with Crippen LogP contribution in [0.25, 0.3) is 5.69 Å². The molecule has 0 atom stereocenters. The summed E-state index contributed by atoms with van der Waals surface area (Å²) in [5.41, 5.74) is 1.31. The zero-order valence-electron chi connectivity index (χ0n) is 15.4. The third kappa shape index (κ3) is 3.39. The highest BCUT2D eigenvalue weighted by Crippen LogP contribution is 2.35. The average molecular weight is 413 g/mol. The number of piperazine rings is 1. The highest BCUT2D eigenvalue weighted by atomic mass is 35.5. The van der Waals surface area contributed by atoms with Gasteiger partial charge in [0.15, 0.2) is 5.69 Å². The fourth-order valence-electron chi connectivity index (χ4n) is 3.82. The number of carbonyl (C=O) groups is 1. The van der Waals surface area contributed by atoms with E-state index in [0.717, 1.165) is 42.9 Å². The highest BCUT2D eigenvalue weighted by Gasteiger charge is 2.34. The normalized spacial score (nSPS) is 17.8. The lowest BCUT2D eigenvalue weighted by atomic mass is 10.1. The first-order valence-corrected chi connectivity index (χ1v) is 9.59. The van der Waals surface area contributed by atoms with Gasteiger partial charge in [-0.2, -0.15) is 18.3 Å². The van der Waals surface area contributed by atoms with Crippen molar-refractivity contribution < 1.29 is 18.0 Å². The molecule has 0 N–H and O–H groups in total. The molecule has 1 amide bonds. The summed E-state index contributed by atoms with van der Waals surface area (Å²) in [6, 6.07) is 3.18. The zero-order chi connectivity index (χ0) is 20.1. The molecule has 1 aliphatic carbocycles. The summed E-state index contributed by atoms with van der Waals surface area (Å²) in [7, 11) is 2.00. The number of fused-ring (bicyclic) bond motifs is 1. The number of rotatable bonds is 2. The van der Waals surface area contributed by atoms with Crippen LogP contribution in [0, 0.1) is 0 Å². The van der Waals surface area contributed by atoms with Crippen LogP contribution < -0.4 is 0 Å². The summed E-state index contributed by atoms with van der Waals surface area (Å²) in [6.07, 6.45) is -2.29. The van der Waals surface area contributed by atoms with Crippen LogP contribution >= 0.6 is 11.6 Å². The fraction of sp³-hybridized carbons (Fsp3) is 0.474. The van der Waals surface area contributed by atoms with Gasteiger partial charge in [0.2, 0.25) is 0 Å². The van der Waals surface area contributed by atoms with Gasteiger partial charge in [-0.05, 0) is 44.5 Å². The molecule has 0 bridgehead atoms. The standard InChI is InChI=1S/C19H20ClF3N4O/c1-25-7-9-26(10-8-25)18(28)17-13-3-2-4-15(13)27(24-17)16-11-12(19(21,22)23)5-6-14(16)20/h5-6,11H,2-4,7-10H2,1H3. The zero-order valence-corrected chi connectivity index (χ0v) is 16.1. The number of benzene rings is 1. The maximum Gasteiger partial charge on any atom is 0.416 e. The van der Waals surface area contributed by atoms with Gasteiger partial charge < -0.3 is 9.80 Å². The Morgan fingerprint density at radius 3 is 2.54 bits per heavy atom. The second kappa shape index (κ2) is 7.08. The van der Waals surface area contributed by atoms with Crippen molar-refractivity contribution in [3.8, 4) is 5.69 Å². The molecule has 2 aliphatic rings. The average Bonchev–Trinajstić information content (AvgIpc) is 3.24. The number of aromatic nitrogens is 2. The summed E-state index contributed by atoms with van der Waals surface area (Å²) in [6.45, 7) is 2.80. The Kier molecular flexibility index (Phi) is 4.87. The fourth-order valence-corrected chi connectivity index (χ4v) is 4.02. The lowest BCUT2D eigenvalue weighted by Gasteiger charge is -2.32. The predicted molar refractivity (Wildman–Crippen MR) is 99.0 cm³/mol. The van der Waals surface area contributed by atoms with Crippen molar-refractivity contribution in [3.05, 3.63) is 45.7 Å². The van der Waals surface area contributed by atoms with Gasteiger partial charge in [0, 0.05) is 37.4 Å². The number of halogens is 4. The first-order valence-electron chi connectivity index (χ1n) is 9.21. The molecule has 4 rings (SSSR count). The molecule has 5 nitrogen and oxygen atoms in total. The van der Waals surface area contributed by atoms with Gasteiger partial charge in [0.1, 0.15) is 0 Å². The first-order chi connectivity index (χ1) is 13.3. The van der Waals surface area contributed by atoms with E-state index in [9.17, 15) is 18.0 Å². The van der Waals surface area contributed by atoms with Crippen LogP contribution in [0.4, 0.5) is 13.2 Å². The molecule has 0 spiro atoms. The van der Waals surface area contributed by atoms with Gasteiger partial charge in [0.05, 0.1) is 16.3 Å². The summed E-state index contributed by atoms with van der Waals surface area (Å²) >= 11 is 6.21. The lowest BCUT2D eigenvalue weighted by Crippen LogP contribution is -2.47. The summed E-state index contributed by atoms with van der Waals surface area (Å²) in [4.78, 5) is 17.0. The quantitative estimate of drug-likeness (QED) is 0.759. The molecular formula is C19H20ClF3N4O. The van der Waals surface area contributed by atoms with Crippen molar-refractivity contribution in [1.29, 1.82) is 0 Å². The van der Waals surface area contributed by atoms with Gasteiger partial charge in [0.25, 0.3) is 5.91 Å². The van der Waals surface area contributed by atoms with Gasteiger partial charge in [-0.15, -0.1) is 0 Å². The summed E-state index contributed by atoms with van der Waals surface area (Å²) < 4.78 is 40.9. The molecule has 9 heteroatoms. The lowest BCUT2D eigenvalue weighted by molar-refractivity contribution is -0.137. The van der Waals surface area contributed by atoms with E-state index in [1.165, 1.54) is 10.7 Å². The third-order valence-corrected chi connectivity index (χ3v) is 5.74. The van der Waals surface area contributed by atoms with E-state index in [4.69, 9.17) is 11.6 Å². The van der Waals surface area contributed by atoms with Crippen molar-refractivity contribution in [3.63, 3.8) is 0 Å². The van der Waals surface area contributed by atoms with Crippen LogP contribution in [0.5, 0.6) is 0 Å². The smallest absolute Gasteiger partial charge is 0.335 e. The Morgan fingerprint density at radius 1 is 1.14 bits per heavy atom. The molecule has 2 aromatic rings. The topological polar surface area (TPSA) is 41.4 Å². The molecule has 0 radical (unpaired) electrons. The van der Waals surface area contributed by atoms with Gasteiger partial charge in [-0.1, -0.05) is 11.6 Å². The molecule has 0 unspecified atom stereocenters. The molecule has 150 valence electrons. The monoisotopic (exact) mass is 412 g/mol. The number of hydrogen-bond donors (Lipinski definition) is 0. The number of nitrogens with zero attached hydrogens (tertiary/aromatic N) is 4. The summed E-state index contributed by atoms with van der Waals surface area (Å²) in [5.74, 6) is -0.159. The second-order valence-corrected chi connectivity index (χ2v) is 7.71. The van der Waals surface area contributed by atoms with Gasteiger partial charge in [-0.3, -0.25) is 4.79 Å². The SMILES string of the molecule is CN1CCN(C(=O)c2nn(-c3cc(C(F)(F)F)ccc3Cl)c3c2CCC3)CC1. The van der Waals surface area contributed by atoms with Gasteiger partial charge in [-0.25, -0.2) is 4.68 Å². The van der Waals surface area contributed by atoms with Crippen molar-refractivity contribution in [1.82, 2.24) is 19.6 Å². The molecule has 1 aromatic carbocycles. The number of amides is 1. The van der Waals surface area contributed by atoms with Crippen LogP contribution in [0.15, 0.2) is 18.2 Å². The molecule has 1 aliphatic heterocycles. The van der Waals surface area contributed by atoms with E-state index >= 15 is 0 Å². The predicted octanol–water partition coefficient (Wildman–Crippen LogP) is 3.42. The molecule has 1 aromatic heterocycles. The number of alkyl halides is 3. The molecule has 1 fully saturated rings. The molecule has 2 heterocycles. The van der Waals surface area contributed by atoms with Crippen LogP contribution in [0.1, 0.15) is 33.7 Å². The molecule has 1 saturated heterocycles. The number of likely N-dealkylation sites (N-methyl/N-ethyl adjacent to an activating group) is 1.